The molecule has 2 aromatic carbocycles. The van der Waals surface area contributed by atoms with E-state index in [2.05, 4.69) is 26.2 Å². The Labute approximate surface area is 163 Å². The van der Waals surface area contributed by atoms with Gasteiger partial charge in [0.15, 0.2) is 11.4 Å². The lowest BCUT2D eigenvalue weighted by atomic mass is 10.3. The molecule has 6 nitrogen and oxygen atoms in total. The highest BCUT2D eigenvalue weighted by Crippen LogP contribution is 2.31. The molecule has 0 aromatic heterocycles. The van der Waals surface area contributed by atoms with Crippen LogP contribution in [0.4, 0.5) is 11.4 Å². The summed E-state index contributed by atoms with van der Waals surface area (Å²) in [5, 5.41) is 11.1. The molecule has 0 spiro atoms. The fraction of sp³-hybridized carbons (Fsp3) is 0.111. The van der Waals surface area contributed by atoms with E-state index >= 15 is 0 Å². The van der Waals surface area contributed by atoms with Crippen LogP contribution < -0.4 is 10.2 Å². The van der Waals surface area contributed by atoms with Crippen molar-refractivity contribution in [2.75, 3.05) is 4.90 Å². The lowest BCUT2D eigenvalue weighted by molar-refractivity contribution is -0.121. The lowest BCUT2D eigenvalue weighted by Gasteiger charge is -2.15. The lowest BCUT2D eigenvalue weighted by Crippen LogP contribution is -2.32. The van der Waals surface area contributed by atoms with Gasteiger partial charge in [-0.1, -0.05) is 45.9 Å². The zero-order chi connectivity index (χ0) is 18.5. The third-order valence-electron chi connectivity index (χ3n) is 3.59. The summed E-state index contributed by atoms with van der Waals surface area (Å²) in [7, 11) is 0. The summed E-state index contributed by atoms with van der Waals surface area (Å²) < 4.78 is 0.863. The number of hydrogen-bond donors (Lipinski definition) is 1. The number of carbonyl (C=O) groups excluding carboxylic acids is 2. The zero-order valence-electron chi connectivity index (χ0n) is 13.4. The molecular formula is C18H13BrN4O2S. The average Bonchev–Trinajstić information content (AvgIpc) is 2.91. The average molecular weight is 429 g/mol. The van der Waals surface area contributed by atoms with Crippen LogP contribution in [0.1, 0.15) is 6.42 Å². The Morgan fingerprint density at radius 1 is 1.19 bits per heavy atom. The number of amides is 2. The van der Waals surface area contributed by atoms with E-state index in [-0.39, 0.29) is 23.4 Å². The summed E-state index contributed by atoms with van der Waals surface area (Å²) in [5.74, 6) is -0.589. The standard InChI is InChI=1S/C18H13BrN4O2S/c19-12-6-8-14(9-7-12)23-16(24)10-15(17(23)25)26-18(21-11-20)22-13-4-2-1-3-5-13/h1-9,15H,10H2,(H,21,22). The fourth-order valence-corrected chi connectivity index (χ4v) is 3.67. The van der Waals surface area contributed by atoms with Gasteiger partial charge in [-0.15, -0.1) is 0 Å². The zero-order valence-corrected chi connectivity index (χ0v) is 15.8. The summed E-state index contributed by atoms with van der Waals surface area (Å²) in [6.07, 6.45) is 1.88. The molecule has 26 heavy (non-hydrogen) atoms. The molecule has 2 aromatic rings. The van der Waals surface area contributed by atoms with Gasteiger partial charge < -0.3 is 0 Å². The van der Waals surface area contributed by atoms with E-state index in [0.717, 1.165) is 16.2 Å². The Bertz CT molecular complexity index is 894. The quantitative estimate of drug-likeness (QED) is 0.265. The predicted molar refractivity (Wildman–Crippen MR) is 105 cm³/mol. The number of nitrogens with zero attached hydrogens (tertiary/aromatic N) is 3. The highest BCUT2D eigenvalue weighted by Gasteiger charge is 2.40. The molecule has 0 aliphatic carbocycles. The molecule has 0 radical (unpaired) electrons. The first-order valence-electron chi connectivity index (χ1n) is 7.66. The molecule has 1 aliphatic heterocycles. The van der Waals surface area contributed by atoms with Gasteiger partial charge in [-0.05, 0) is 36.4 Å². The van der Waals surface area contributed by atoms with Gasteiger partial charge in [0, 0.05) is 10.9 Å². The van der Waals surface area contributed by atoms with Gasteiger partial charge in [-0.2, -0.15) is 5.26 Å². The molecular weight excluding hydrogens is 416 g/mol. The second-order valence-electron chi connectivity index (χ2n) is 5.34. The minimum atomic E-state index is -0.630. The van der Waals surface area contributed by atoms with Gasteiger partial charge in [-0.25, -0.2) is 9.89 Å². The van der Waals surface area contributed by atoms with E-state index in [1.807, 2.05) is 24.4 Å². The van der Waals surface area contributed by atoms with E-state index < -0.39 is 5.25 Å². The van der Waals surface area contributed by atoms with E-state index in [0.29, 0.717) is 11.4 Å². The Hall–Kier alpha value is -2.63. The molecule has 1 fully saturated rings. The van der Waals surface area contributed by atoms with Crippen LogP contribution in [-0.4, -0.2) is 22.2 Å². The molecule has 3 rings (SSSR count). The summed E-state index contributed by atoms with van der Waals surface area (Å²) in [4.78, 5) is 30.5. The van der Waals surface area contributed by atoms with E-state index in [1.165, 1.54) is 4.90 Å². The van der Waals surface area contributed by atoms with Crippen LogP contribution in [0.15, 0.2) is 64.1 Å². The number of aliphatic imine (C=N–C) groups is 1. The van der Waals surface area contributed by atoms with Crippen molar-refractivity contribution in [1.29, 1.82) is 5.26 Å². The van der Waals surface area contributed by atoms with Crippen molar-refractivity contribution in [3.05, 3.63) is 59.1 Å². The minimum Gasteiger partial charge on any atom is -0.274 e. The number of para-hydroxylation sites is 1. The second kappa shape index (κ2) is 8.17. The van der Waals surface area contributed by atoms with E-state index in [1.54, 1.807) is 36.4 Å². The number of anilines is 1. The van der Waals surface area contributed by atoms with Gasteiger partial charge in [0.2, 0.25) is 11.8 Å². The maximum Gasteiger partial charge on any atom is 0.247 e. The molecule has 2 amide bonds. The summed E-state index contributed by atoms with van der Waals surface area (Å²) in [6.45, 7) is 0. The van der Waals surface area contributed by atoms with E-state index in [9.17, 15) is 9.59 Å². The molecule has 8 heteroatoms. The molecule has 1 heterocycles. The van der Waals surface area contributed by atoms with Crippen LogP contribution in [0.5, 0.6) is 0 Å². The number of amidine groups is 1. The first kappa shape index (κ1) is 18.2. The Morgan fingerprint density at radius 3 is 2.54 bits per heavy atom. The number of thioether (sulfide) groups is 1. The van der Waals surface area contributed by atoms with Crippen molar-refractivity contribution in [2.45, 2.75) is 11.7 Å². The maximum absolute atomic E-state index is 12.7. The number of carbonyl (C=O) groups is 2. The molecule has 1 unspecified atom stereocenters. The predicted octanol–water partition coefficient (Wildman–Crippen LogP) is 3.57. The molecule has 1 N–H and O–H groups in total. The van der Waals surface area contributed by atoms with Crippen LogP contribution in [0.3, 0.4) is 0 Å². The van der Waals surface area contributed by atoms with Crippen molar-refractivity contribution < 1.29 is 9.59 Å². The maximum atomic E-state index is 12.7. The Kier molecular flexibility index (Phi) is 5.71. The fourth-order valence-electron chi connectivity index (χ4n) is 2.44. The van der Waals surface area contributed by atoms with Gasteiger partial charge in [0.1, 0.15) is 5.25 Å². The number of rotatable bonds is 3. The van der Waals surface area contributed by atoms with Crippen LogP contribution >= 0.6 is 27.7 Å². The summed E-state index contributed by atoms with van der Waals surface area (Å²) in [6, 6.07) is 16.0. The van der Waals surface area contributed by atoms with Crippen LogP contribution in [0.25, 0.3) is 0 Å². The largest absolute Gasteiger partial charge is 0.274 e. The summed E-state index contributed by atoms with van der Waals surface area (Å²) in [5.41, 5.74) is 1.18. The third-order valence-corrected chi connectivity index (χ3v) is 5.19. The van der Waals surface area contributed by atoms with Gasteiger partial charge in [0.05, 0.1) is 11.4 Å². The highest BCUT2D eigenvalue weighted by atomic mass is 79.9. The summed E-state index contributed by atoms with van der Waals surface area (Å²) >= 11 is 4.41. The number of nitriles is 1. The van der Waals surface area contributed by atoms with Crippen molar-refractivity contribution in [3.63, 3.8) is 0 Å². The number of halogens is 1. The first-order chi connectivity index (χ1) is 12.6. The minimum absolute atomic E-state index is 0.0560. The second-order valence-corrected chi connectivity index (χ2v) is 7.45. The molecule has 130 valence electrons. The normalized spacial score (nSPS) is 17.3. The smallest absolute Gasteiger partial charge is 0.247 e. The molecule has 1 aliphatic rings. The van der Waals surface area contributed by atoms with Gasteiger partial charge >= 0.3 is 0 Å². The Balaban J connectivity index is 1.80. The highest BCUT2D eigenvalue weighted by molar-refractivity contribution is 9.10. The molecule has 0 saturated carbocycles. The van der Waals surface area contributed by atoms with Crippen molar-refractivity contribution >= 4 is 56.0 Å². The molecule has 1 atom stereocenters. The van der Waals surface area contributed by atoms with E-state index in [4.69, 9.17) is 5.26 Å². The molecule has 1 saturated heterocycles. The van der Waals surface area contributed by atoms with Crippen molar-refractivity contribution in [2.24, 2.45) is 4.99 Å². The van der Waals surface area contributed by atoms with Crippen LogP contribution in [0, 0.1) is 11.5 Å². The number of benzene rings is 2. The molecule has 0 bridgehead atoms. The third kappa shape index (κ3) is 4.12. The van der Waals surface area contributed by atoms with Crippen LogP contribution in [0.2, 0.25) is 0 Å². The van der Waals surface area contributed by atoms with Crippen molar-refractivity contribution in [3.8, 4) is 6.19 Å². The van der Waals surface area contributed by atoms with Crippen molar-refractivity contribution in [1.82, 2.24) is 5.32 Å². The van der Waals surface area contributed by atoms with Crippen LogP contribution in [-0.2, 0) is 9.59 Å². The number of nitrogens with one attached hydrogen (secondary N) is 1. The SMILES string of the molecule is N#CNC(=Nc1ccccc1)SC1CC(=O)N(c2ccc(Br)cc2)C1=O. The monoisotopic (exact) mass is 428 g/mol. The number of hydrogen-bond acceptors (Lipinski definition) is 5. The van der Waals surface area contributed by atoms with Gasteiger partial charge in [-0.3, -0.25) is 14.9 Å². The van der Waals surface area contributed by atoms with Gasteiger partial charge in [0.25, 0.3) is 0 Å². The first-order valence-corrected chi connectivity index (χ1v) is 9.33. The topological polar surface area (TPSA) is 85.6 Å². The number of imide groups is 1. The Morgan fingerprint density at radius 2 is 1.88 bits per heavy atom.